The van der Waals surface area contributed by atoms with Gasteiger partial charge in [-0.15, -0.1) is 0 Å². The van der Waals surface area contributed by atoms with E-state index in [1.807, 2.05) is 0 Å². The van der Waals surface area contributed by atoms with Crippen LogP contribution in [0.4, 0.5) is 0 Å². The summed E-state index contributed by atoms with van der Waals surface area (Å²) in [7, 11) is 0. The summed E-state index contributed by atoms with van der Waals surface area (Å²) in [4.78, 5) is 12.5. The summed E-state index contributed by atoms with van der Waals surface area (Å²) >= 11 is 0. The van der Waals surface area contributed by atoms with Crippen LogP contribution in [0.3, 0.4) is 0 Å². The second-order valence-electron chi connectivity index (χ2n) is 14.2. The lowest BCUT2D eigenvalue weighted by atomic mass is 9.80. The second-order valence-corrected chi connectivity index (χ2v) is 14.2. The summed E-state index contributed by atoms with van der Waals surface area (Å²) in [6.07, 6.45) is 24.0. The molecule has 4 rings (SSSR count). The molecule has 0 bridgehead atoms. The molecule has 0 spiro atoms. The zero-order valence-corrected chi connectivity index (χ0v) is 28.2. The number of aryl methyl sites for hydroxylation is 2. The average molecular weight is 603 g/mol. The van der Waals surface area contributed by atoms with Gasteiger partial charge in [0.1, 0.15) is 17.3 Å². The van der Waals surface area contributed by atoms with E-state index < -0.39 is 0 Å². The highest BCUT2D eigenvalue weighted by Gasteiger charge is 2.23. The van der Waals surface area contributed by atoms with Crippen LogP contribution < -0.4 is 9.47 Å². The Morgan fingerprint density at radius 3 is 1.27 bits per heavy atom. The minimum absolute atomic E-state index is 0.497. The molecule has 3 heteroatoms. The van der Waals surface area contributed by atoms with E-state index in [-0.39, 0.29) is 0 Å². The number of Topliss-reactive ketones (excluding diaryl/α,β-unsaturated/α-hetero) is 1. The molecule has 0 radical (unpaired) electrons. The van der Waals surface area contributed by atoms with Gasteiger partial charge in [-0.25, -0.2) is 0 Å². The van der Waals surface area contributed by atoms with E-state index in [2.05, 4.69) is 62.4 Å². The van der Waals surface area contributed by atoms with E-state index >= 15 is 0 Å². The number of benzene rings is 2. The standard InChI is InChI=1S/C41H62O3/c1-3-9-33-23-27-40(28-24-33)43-31-37-19-15-35(16-20-37)11-5-7-13-39(42)14-8-6-12-36-17-21-38(22-18-36)32-44-41-29-25-34(10-4-2)26-30-41/h23-30,35-38H,3-22,31-32H2,1-2H3. The van der Waals surface area contributed by atoms with Crippen molar-refractivity contribution in [1.82, 2.24) is 0 Å². The molecule has 0 N–H and O–H groups in total. The normalized spacial score (nSPS) is 22.0. The van der Waals surface area contributed by atoms with E-state index in [0.717, 1.165) is 75.1 Å². The third kappa shape index (κ3) is 13.0. The summed E-state index contributed by atoms with van der Waals surface area (Å²) in [5.74, 6) is 5.64. The van der Waals surface area contributed by atoms with Gasteiger partial charge in [-0.1, -0.05) is 102 Å². The van der Waals surface area contributed by atoms with Crippen molar-refractivity contribution in [3.05, 3.63) is 59.7 Å². The highest BCUT2D eigenvalue weighted by Crippen LogP contribution is 2.34. The Bertz CT molecular complexity index is 943. The first-order valence-electron chi connectivity index (χ1n) is 18.6. The SMILES string of the molecule is CCCc1ccc(OCC2CCC(CCCCC(=O)CCCCC3CCC(COc4ccc(CCC)cc4)CC3)CC2)cc1. The quantitative estimate of drug-likeness (QED) is 0.141. The number of carbonyl (C=O) groups excluding carboxylic acids is 1. The van der Waals surface area contributed by atoms with Gasteiger partial charge < -0.3 is 9.47 Å². The van der Waals surface area contributed by atoms with Gasteiger partial charge in [0.2, 0.25) is 0 Å². The Kier molecular flexibility index (Phi) is 15.7. The smallest absolute Gasteiger partial charge is 0.132 e. The van der Waals surface area contributed by atoms with Crippen molar-refractivity contribution < 1.29 is 14.3 Å². The molecule has 2 fully saturated rings. The van der Waals surface area contributed by atoms with Gasteiger partial charge in [0.25, 0.3) is 0 Å². The second kappa shape index (κ2) is 20.0. The fraction of sp³-hybridized carbons (Fsp3) is 0.683. The molecule has 2 aromatic carbocycles. The van der Waals surface area contributed by atoms with Crippen molar-refractivity contribution in [2.45, 2.75) is 142 Å². The Morgan fingerprint density at radius 1 is 0.545 bits per heavy atom. The summed E-state index contributed by atoms with van der Waals surface area (Å²) in [5.41, 5.74) is 2.80. The summed E-state index contributed by atoms with van der Waals surface area (Å²) in [6, 6.07) is 17.4. The van der Waals surface area contributed by atoms with Gasteiger partial charge in [-0.2, -0.15) is 0 Å². The summed E-state index contributed by atoms with van der Waals surface area (Å²) in [6.45, 7) is 6.17. The van der Waals surface area contributed by atoms with Crippen molar-refractivity contribution >= 4 is 5.78 Å². The van der Waals surface area contributed by atoms with Crippen molar-refractivity contribution in [3.8, 4) is 11.5 Å². The topological polar surface area (TPSA) is 35.5 Å². The van der Waals surface area contributed by atoms with Crippen LogP contribution >= 0.6 is 0 Å². The highest BCUT2D eigenvalue weighted by molar-refractivity contribution is 5.78. The van der Waals surface area contributed by atoms with E-state index in [0.29, 0.717) is 17.6 Å². The molecule has 0 heterocycles. The van der Waals surface area contributed by atoms with Crippen molar-refractivity contribution in [2.75, 3.05) is 13.2 Å². The van der Waals surface area contributed by atoms with Gasteiger partial charge in [0.05, 0.1) is 13.2 Å². The zero-order valence-electron chi connectivity index (χ0n) is 28.2. The third-order valence-electron chi connectivity index (χ3n) is 10.5. The maximum atomic E-state index is 12.5. The van der Waals surface area contributed by atoms with Gasteiger partial charge >= 0.3 is 0 Å². The Hall–Kier alpha value is -2.29. The van der Waals surface area contributed by atoms with Gasteiger partial charge in [0, 0.05) is 12.8 Å². The molecule has 2 saturated carbocycles. The van der Waals surface area contributed by atoms with E-state index in [1.54, 1.807) is 0 Å². The van der Waals surface area contributed by atoms with Gasteiger partial charge in [0.15, 0.2) is 0 Å². The number of ether oxygens (including phenoxy) is 2. The summed E-state index contributed by atoms with van der Waals surface area (Å²) in [5, 5.41) is 0. The zero-order chi connectivity index (χ0) is 30.8. The molecule has 2 aliphatic carbocycles. The van der Waals surface area contributed by atoms with Crippen LogP contribution in [0.15, 0.2) is 48.5 Å². The van der Waals surface area contributed by atoms with Gasteiger partial charge in [-0.05, 0) is 110 Å². The van der Waals surface area contributed by atoms with Crippen LogP contribution in [-0.4, -0.2) is 19.0 Å². The summed E-state index contributed by atoms with van der Waals surface area (Å²) < 4.78 is 12.2. The molecule has 244 valence electrons. The van der Waals surface area contributed by atoms with Crippen LogP contribution in [0.25, 0.3) is 0 Å². The van der Waals surface area contributed by atoms with Crippen LogP contribution in [-0.2, 0) is 17.6 Å². The van der Waals surface area contributed by atoms with Crippen molar-refractivity contribution in [1.29, 1.82) is 0 Å². The molecule has 2 aliphatic rings. The molecule has 0 aromatic heterocycles. The predicted molar refractivity (Wildman–Crippen MR) is 185 cm³/mol. The minimum atomic E-state index is 0.497. The number of hydrogen-bond donors (Lipinski definition) is 0. The lowest BCUT2D eigenvalue weighted by Crippen LogP contribution is -2.20. The maximum absolute atomic E-state index is 12.5. The van der Waals surface area contributed by atoms with E-state index in [9.17, 15) is 4.79 Å². The van der Waals surface area contributed by atoms with Crippen LogP contribution in [0.2, 0.25) is 0 Å². The Morgan fingerprint density at radius 2 is 0.909 bits per heavy atom. The Labute approximate surface area is 269 Å². The van der Waals surface area contributed by atoms with Crippen LogP contribution in [0.5, 0.6) is 11.5 Å². The van der Waals surface area contributed by atoms with Gasteiger partial charge in [-0.3, -0.25) is 4.79 Å². The number of carbonyl (C=O) groups is 1. The first kappa shape index (κ1) is 34.6. The number of unbranched alkanes of at least 4 members (excludes halogenated alkanes) is 2. The molecular formula is C41H62O3. The number of ketones is 1. The molecule has 0 saturated heterocycles. The monoisotopic (exact) mass is 602 g/mol. The average Bonchev–Trinajstić information content (AvgIpc) is 3.06. The van der Waals surface area contributed by atoms with Crippen LogP contribution in [0.1, 0.15) is 141 Å². The first-order valence-corrected chi connectivity index (χ1v) is 18.6. The molecule has 0 aliphatic heterocycles. The Balaban J connectivity index is 0.947. The van der Waals surface area contributed by atoms with Crippen molar-refractivity contribution in [3.63, 3.8) is 0 Å². The minimum Gasteiger partial charge on any atom is -0.493 e. The lowest BCUT2D eigenvalue weighted by Gasteiger charge is -2.28. The molecule has 0 atom stereocenters. The first-order chi connectivity index (χ1) is 21.6. The van der Waals surface area contributed by atoms with E-state index in [4.69, 9.17) is 9.47 Å². The number of hydrogen-bond acceptors (Lipinski definition) is 3. The number of rotatable bonds is 20. The molecular weight excluding hydrogens is 540 g/mol. The fourth-order valence-electron chi connectivity index (χ4n) is 7.52. The molecule has 3 nitrogen and oxygen atoms in total. The maximum Gasteiger partial charge on any atom is 0.132 e. The van der Waals surface area contributed by atoms with E-state index in [1.165, 1.54) is 101 Å². The molecule has 0 unspecified atom stereocenters. The fourth-order valence-corrected chi connectivity index (χ4v) is 7.52. The van der Waals surface area contributed by atoms with Crippen molar-refractivity contribution in [2.24, 2.45) is 23.7 Å². The van der Waals surface area contributed by atoms with Crippen LogP contribution in [0, 0.1) is 23.7 Å². The predicted octanol–water partition coefficient (Wildman–Crippen LogP) is 11.4. The largest absolute Gasteiger partial charge is 0.493 e. The molecule has 2 aromatic rings. The highest BCUT2D eigenvalue weighted by atomic mass is 16.5. The third-order valence-corrected chi connectivity index (χ3v) is 10.5. The molecule has 0 amide bonds. The lowest BCUT2D eigenvalue weighted by molar-refractivity contribution is -0.119. The molecule has 44 heavy (non-hydrogen) atoms.